The number of nitrogens with zero attached hydrogens (tertiary/aromatic N) is 4. The molecule has 1 aromatic heterocycles. The van der Waals surface area contributed by atoms with E-state index in [2.05, 4.69) is 43.2 Å². The van der Waals surface area contributed by atoms with Crippen LogP contribution in [0.25, 0.3) is 0 Å². The van der Waals surface area contributed by atoms with Gasteiger partial charge in [-0.05, 0) is 48.6 Å². The Kier molecular flexibility index (Phi) is 7.27. The topological polar surface area (TPSA) is 132 Å². The number of hydrogen-bond donors (Lipinski definition) is 3. The second kappa shape index (κ2) is 10.3. The lowest BCUT2D eigenvalue weighted by Crippen LogP contribution is -2.49. The lowest BCUT2D eigenvalue weighted by atomic mass is 9.68. The number of carbonyl (C=O) groups is 1. The van der Waals surface area contributed by atoms with Gasteiger partial charge in [0.05, 0.1) is 5.56 Å². The van der Waals surface area contributed by atoms with Gasteiger partial charge in [-0.25, -0.2) is 4.98 Å². The molecular weight excluding hydrogens is 394 g/mol. The lowest BCUT2D eigenvalue weighted by Gasteiger charge is -2.41. The highest BCUT2D eigenvalue weighted by Gasteiger charge is 2.37. The molecule has 3 rings (SSSR count). The molecule has 3 N–H and O–H groups in total. The Bertz CT molecular complexity index is 977. The number of nitroso groups, excluding NO2 is 1. The molecule has 2 aromatic rings. The molecule has 1 heterocycles. The number of benzene rings is 1. The van der Waals surface area contributed by atoms with Gasteiger partial charge in [0.1, 0.15) is 0 Å². The average Bonchev–Trinajstić information content (AvgIpc) is 2.83. The van der Waals surface area contributed by atoms with Gasteiger partial charge < -0.3 is 10.6 Å². The minimum atomic E-state index is -0.364. The standard InChI is InChI=1S/C22H25N7O2/c1-24-21(27-15-23)28-17-9-11-22(12-10-17,16-6-3-2-4-7-16)14-26-20(30)18-8-5-13-25-19(18)29-31/h2-8,13,17H,9-12,14H2,1H3,(H,26,30)(H2,24,27,28). The van der Waals surface area contributed by atoms with Crippen LogP contribution in [0.1, 0.15) is 41.6 Å². The van der Waals surface area contributed by atoms with Gasteiger partial charge in [0, 0.05) is 31.2 Å². The molecular formula is C22H25N7O2. The van der Waals surface area contributed by atoms with Crippen LogP contribution < -0.4 is 16.0 Å². The fourth-order valence-corrected chi connectivity index (χ4v) is 4.07. The van der Waals surface area contributed by atoms with Crippen LogP contribution >= 0.6 is 0 Å². The first-order valence-electron chi connectivity index (χ1n) is 10.1. The number of nitriles is 1. The Morgan fingerprint density at radius 2 is 1.97 bits per heavy atom. The van der Waals surface area contributed by atoms with Gasteiger partial charge in [-0.3, -0.25) is 15.1 Å². The second-order valence-electron chi connectivity index (χ2n) is 7.52. The van der Waals surface area contributed by atoms with E-state index in [9.17, 15) is 9.70 Å². The molecule has 1 amide bonds. The quantitative estimate of drug-likeness (QED) is 0.217. The van der Waals surface area contributed by atoms with Crippen LogP contribution in [-0.4, -0.2) is 36.5 Å². The summed E-state index contributed by atoms with van der Waals surface area (Å²) in [6.45, 7) is 0.431. The first-order chi connectivity index (χ1) is 15.1. The van der Waals surface area contributed by atoms with Crippen LogP contribution in [0.2, 0.25) is 0 Å². The summed E-state index contributed by atoms with van der Waals surface area (Å²) in [7, 11) is 1.63. The van der Waals surface area contributed by atoms with Crippen LogP contribution in [0.3, 0.4) is 0 Å². The molecule has 0 spiro atoms. The van der Waals surface area contributed by atoms with Crippen molar-refractivity contribution in [2.45, 2.75) is 37.1 Å². The first-order valence-corrected chi connectivity index (χ1v) is 10.1. The highest BCUT2D eigenvalue weighted by atomic mass is 16.3. The van der Waals surface area contributed by atoms with Gasteiger partial charge >= 0.3 is 0 Å². The number of guanidine groups is 1. The van der Waals surface area contributed by atoms with Crippen molar-refractivity contribution in [1.29, 1.82) is 5.26 Å². The maximum atomic E-state index is 12.7. The van der Waals surface area contributed by atoms with Crippen molar-refractivity contribution in [2.24, 2.45) is 10.2 Å². The smallest absolute Gasteiger partial charge is 0.255 e. The van der Waals surface area contributed by atoms with Crippen molar-refractivity contribution in [3.05, 3.63) is 64.7 Å². The molecule has 1 aliphatic carbocycles. The number of pyridine rings is 1. The molecule has 0 aliphatic heterocycles. The van der Waals surface area contributed by atoms with Crippen LogP contribution in [0.4, 0.5) is 5.82 Å². The summed E-state index contributed by atoms with van der Waals surface area (Å²) >= 11 is 0. The predicted octanol–water partition coefficient (Wildman–Crippen LogP) is 2.74. The van der Waals surface area contributed by atoms with E-state index in [0.717, 1.165) is 31.2 Å². The van der Waals surface area contributed by atoms with Crippen molar-refractivity contribution in [1.82, 2.24) is 20.9 Å². The summed E-state index contributed by atoms with van der Waals surface area (Å²) in [6, 6.07) is 13.5. The third-order valence-corrected chi connectivity index (χ3v) is 5.77. The maximum absolute atomic E-state index is 12.7. The third kappa shape index (κ3) is 5.22. The first kappa shape index (κ1) is 21.9. The van der Waals surface area contributed by atoms with Crippen LogP contribution in [0.15, 0.2) is 58.8 Å². The zero-order chi connectivity index (χ0) is 22.1. The van der Waals surface area contributed by atoms with E-state index in [0.29, 0.717) is 12.5 Å². The largest absolute Gasteiger partial charge is 0.353 e. The molecule has 0 atom stereocenters. The molecule has 160 valence electrons. The number of aromatic nitrogens is 1. The number of aliphatic imine (C=N–C) groups is 1. The zero-order valence-electron chi connectivity index (χ0n) is 17.3. The van der Waals surface area contributed by atoms with E-state index in [1.165, 1.54) is 6.20 Å². The SMILES string of the molecule is CN=C(NC#N)NC1CCC(CNC(=O)c2cccnc2N=O)(c2ccccc2)CC1. The molecule has 0 radical (unpaired) electrons. The number of carbonyl (C=O) groups excluding carboxylic acids is 1. The van der Waals surface area contributed by atoms with Crippen molar-refractivity contribution in [3.63, 3.8) is 0 Å². The van der Waals surface area contributed by atoms with Gasteiger partial charge in [-0.15, -0.1) is 4.91 Å². The number of nitrogens with one attached hydrogen (secondary N) is 3. The minimum absolute atomic E-state index is 0.113. The zero-order valence-corrected chi connectivity index (χ0v) is 17.3. The summed E-state index contributed by atoms with van der Waals surface area (Å²) < 4.78 is 0. The van der Waals surface area contributed by atoms with Gasteiger partial charge in [-0.1, -0.05) is 30.3 Å². The average molecular weight is 419 g/mol. The van der Waals surface area contributed by atoms with E-state index < -0.39 is 0 Å². The molecule has 1 aromatic carbocycles. The van der Waals surface area contributed by atoms with Gasteiger partial charge in [0.2, 0.25) is 11.8 Å². The molecule has 9 heteroatoms. The summed E-state index contributed by atoms with van der Waals surface area (Å²) in [4.78, 5) is 31.6. The Labute approximate surface area is 181 Å². The molecule has 1 saturated carbocycles. The lowest BCUT2D eigenvalue weighted by molar-refractivity contribution is 0.0935. The van der Waals surface area contributed by atoms with Gasteiger partial charge in [-0.2, -0.15) is 5.26 Å². The van der Waals surface area contributed by atoms with Gasteiger partial charge in [0.25, 0.3) is 5.91 Å². The van der Waals surface area contributed by atoms with Crippen LogP contribution in [-0.2, 0) is 5.41 Å². The fraction of sp³-hybridized carbons (Fsp3) is 0.364. The summed E-state index contributed by atoms with van der Waals surface area (Å²) in [5, 5.41) is 20.5. The van der Waals surface area contributed by atoms with E-state index in [1.54, 1.807) is 19.2 Å². The van der Waals surface area contributed by atoms with Crippen molar-refractivity contribution >= 4 is 17.7 Å². The van der Waals surface area contributed by atoms with E-state index in [-0.39, 0.29) is 28.7 Å². The van der Waals surface area contributed by atoms with Crippen LogP contribution in [0.5, 0.6) is 0 Å². The maximum Gasteiger partial charge on any atom is 0.255 e. The number of hydrogen-bond acceptors (Lipinski definition) is 6. The highest BCUT2D eigenvalue weighted by Crippen LogP contribution is 2.39. The predicted molar refractivity (Wildman–Crippen MR) is 118 cm³/mol. The Morgan fingerprint density at radius 1 is 1.23 bits per heavy atom. The Morgan fingerprint density at radius 3 is 2.61 bits per heavy atom. The summed E-state index contributed by atoms with van der Waals surface area (Å²) in [5.74, 6) is -0.0200. The third-order valence-electron chi connectivity index (χ3n) is 5.77. The molecule has 0 unspecified atom stereocenters. The molecule has 9 nitrogen and oxygen atoms in total. The normalized spacial score (nSPS) is 20.9. The second-order valence-corrected chi connectivity index (χ2v) is 7.52. The van der Waals surface area contributed by atoms with Crippen LogP contribution in [0, 0.1) is 16.4 Å². The number of amides is 1. The molecule has 31 heavy (non-hydrogen) atoms. The fourth-order valence-electron chi connectivity index (χ4n) is 4.07. The number of rotatable bonds is 6. The summed E-state index contributed by atoms with van der Waals surface area (Å²) in [6.07, 6.45) is 6.69. The van der Waals surface area contributed by atoms with Crippen molar-refractivity contribution < 1.29 is 4.79 Å². The van der Waals surface area contributed by atoms with E-state index in [4.69, 9.17) is 5.26 Å². The molecule has 0 bridgehead atoms. The van der Waals surface area contributed by atoms with E-state index >= 15 is 0 Å². The van der Waals surface area contributed by atoms with Crippen molar-refractivity contribution in [2.75, 3.05) is 13.6 Å². The molecule has 1 fully saturated rings. The minimum Gasteiger partial charge on any atom is -0.353 e. The summed E-state index contributed by atoms with van der Waals surface area (Å²) in [5.41, 5.74) is 1.09. The van der Waals surface area contributed by atoms with E-state index in [1.807, 2.05) is 24.4 Å². The van der Waals surface area contributed by atoms with Crippen molar-refractivity contribution in [3.8, 4) is 6.19 Å². The molecule has 0 saturated heterocycles. The Balaban J connectivity index is 1.74. The molecule has 1 aliphatic rings. The monoisotopic (exact) mass is 419 g/mol. The Hall–Kier alpha value is -3.80. The van der Waals surface area contributed by atoms with Gasteiger partial charge in [0.15, 0.2) is 6.19 Å². The highest BCUT2D eigenvalue weighted by molar-refractivity contribution is 5.98.